The van der Waals surface area contributed by atoms with Crippen molar-refractivity contribution in [2.24, 2.45) is 11.7 Å². The summed E-state index contributed by atoms with van der Waals surface area (Å²) in [6.45, 7) is 5.74. The van der Waals surface area contributed by atoms with E-state index in [1.54, 1.807) is 0 Å². The number of nitrogens with two attached hydrogens (primary N) is 1. The summed E-state index contributed by atoms with van der Waals surface area (Å²) in [6.07, 6.45) is 5.34. The zero-order valence-electron chi connectivity index (χ0n) is 16.2. The van der Waals surface area contributed by atoms with Crippen LogP contribution in [-0.2, 0) is 28.9 Å². The first-order valence-electron chi connectivity index (χ1n) is 10.3. The number of ether oxygens (including phenoxy) is 1. The summed E-state index contributed by atoms with van der Waals surface area (Å²) in [5.41, 5.74) is 7.07. The van der Waals surface area contributed by atoms with Crippen LogP contribution in [-0.4, -0.2) is 60.2 Å². The lowest BCUT2D eigenvalue weighted by atomic mass is 9.97. The highest BCUT2D eigenvalue weighted by molar-refractivity contribution is 7.19. The quantitative estimate of drug-likeness (QED) is 0.840. The Labute approximate surface area is 168 Å². The second-order valence-corrected chi connectivity index (χ2v) is 9.16. The van der Waals surface area contributed by atoms with E-state index in [9.17, 15) is 4.79 Å². The van der Waals surface area contributed by atoms with Crippen LogP contribution >= 0.6 is 11.3 Å². The predicted molar refractivity (Wildman–Crippen MR) is 110 cm³/mol. The van der Waals surface area contributed by atoms with Crippen molar-refractivity contribution >= 4 is 33.3 Å². The lowest BCUT2D eigenvalue weighted by molar-refractivity contribution is -0.122. The number of piperidine rings is 1. The first-order chi connectivity index (χ1) is 13.7. The van der Waals surface area contributed by atoms with E-state index in [2.05, 4.69) is 9.80 Å². The lowest BCUT2D eigenvalue weighted by Gasteiger charge is -2.33. The number of amides is 1. The zero-order valence-corrected chi connectivity index (χ0v) is 17.0. The van der Waals surface area contributed by atoms with E-state index < -0.39 is 0 Å². The zero-order chi connectivity index (χ0) is 19.1. The Morgan fingerprint density at radius 1 is 1.18 bits per heavy atom. The van der Waals surface area contributed by atoms with Crippen LogP contribution in [0, 0.1) is 5.92 Å². The molecular formula is C20H27N5O2S. The van der Waals surface area contributed by atoms with E-state index in [1.807, 2.05) is 11.3 Å². The number of aryl methyl sites for hydroxylation is 2. The van der Waals surface area contributed by atoms with Crippen molar-refractivity contribution in [2.45, 2.75) is 38.6 Å². The molecule has 0 unspecified atom stereocenters. The smallest absolute Gasteiger partial charge is 0.222 e. The molecule has 1 aliphatic carbocycles. The van der Waals surface area contributed by atoms with Gasteiger partial charge in [-0.05, 0) is 37.7 Å². The van der Waals surface area contributed by atoms with Gasteiger partial charge in [-0.25, -0.2) is 9.97 Å². The van der Waals surface area contributed by atoms with Crippen LogP contribution in [0.1, 0.15) is 35.5 Å². The number of nitrogens with zero attached hydrogens (tertiary/aromatic N) is 4. The average molecular weight is 402 g/mol. The van der Waals surface area contributed by atoms with Gasteiger partial charge in [0.1, 0.15) is 16.5 Å². The molecule has 4 heterocycles. The Morgan fingerprint density at radius 3 is 2.86 bits per heavy atom. The SMILES string of the molecule is NC(=O)[C@@H]1CCCN(c2nc(CN3CCOCC3)nc3sc4c(c23)CCC4)C1. The maximum atomic E-state index is 11.8. The monoisotopic (exact) mass is 401 g/mol. The third-order valence-corrected chi connectivity index (χ3v) is 7.37. The summed E-state index contributed by atoms with van der Waals surface area (Å²) < 4.78 is 5.47. The second-order valence-electron chi connectivity index (χ2n) is 8.08. The molecule has 2 saturated heterocycles. The molecule has 3 aliphatic rings. The summed E-state index contributed by atoms with van der Waals surface area (Å²) in [6, 6.07) is 0. The van der Waals surface area contributed by atoms with Crippen LogP contribution in [0.25, 0.3) is 10.2 Å². The van der Waals surface area contributed by atoms with Gasteiger partial charge in [-0.15, -0.1) is 11.3 Å². The third kappa shape index (κ3) is 3.38. The first-order valence-corrected chi connectivity index (χ1v) is 11.2. The fourth-order valence-electron chi connectivity index (χ4n) is 4.68. The number of aromatic nitrogens is 2. The number of hydrogen-bond acceptors (Lipinski definition) is 7. The molecule has 28 heavy (non-hydrogen) atoms. The minimum Gasteiger partial charge on any atom is -0.379 e. The summed E-state index contributed by atoms with van der Waals surface area (Å²) in [7, 11) is 0. The van der Waals surface area contributed by atoms with Crippen LogP contribution in [0.3, 0.4) is 0 Å². The minimum atomic E-state index is -0.195. The number of primary amides is 1. The normalized spacial score (nSPS) is 23.3. The van der Waals surface area contributed by atoms with Crippen LogP contribution in [0.15, 0.2) is 0 Å². The van der Waals surface area contributed by atoms with Gasteiger partial charge in [-0.1, -0.05) is 0 Å². The van der Waals surface area contributed by atoms with Gasteiger partial charge in [-0.2, -0.15) is 0 Å². The summed E-state index contributed by atoms with van der Waals surface area (Å²) in [5.74, 6) is 1.62. The molecule has 150 valence electrons. The van der Waals surface area contributed by atoms with E-state index in [1.165, 1.54) is 22.2 Å². The number of anilines is 1. The Kier molecular flexibility index (Phi) is 4.94. The lowest BCUT2D eigenvalue weighted by Crippen LogP contribution is -2.42. The van der Waals surface area contributed by atoms with Crippen LogP contribution in [0.2, 0.25) is 0 Å². The van der Waals surface area contributed by atoms with Gasteiger partial charge in [0.15, 0.2) is 0 Å². The van der Waals surface area contributed by atoms with Crippen LogP contribution < -0.4 is 10.6 Å². The first kappa shape index (κ1) is 18.3. The largest absolute Gasteiger partial charge is 0.379 e. The molecule has 7 nitrogen and oxygen atoms in total. The van der Waals surface area contributed by atoms with Gasteiger partial charge in [0.25, 0.3) is 0 Å². The number of carbonyl (C=O) groups excluding carboxylic acids is 1. The minimum absolute atomic E-state index is 0.0897. The molecule has 8 heteroatoms. The standard InChI is InChI=1S/C20H27N5O2S/c21-18(26)13-3-2-6-25(11-13)19-17-14-4-1-5-15(14)28-20(17)23-16(22-19)12-24-7-9-27-10-8-24/h13H,1-12H2,(H2,21,26)/t13-/m1/s1. The molecule has 0 aromatic carbocycles. The Hall–Kier alpha value is -1.77. The predicted octanol–water partition coefficient (Wildman–Crippen LogP) is 1.71. The third-order valence-electron chi connectivity index (χ3n) is 6.18. The van der Waals surface area contributed by atoms with E-state index in [0.29, 0.717) is 6.54 Å². The van der Waals surface area contributed by atoms with Crippen molar-refractivity contribution in [2.75, 3.05) is 44.3 Å². The van der Waals surface area contributed by atoms with E-state index in [0.717, 1.165) is 81.5 Å². The number of hydrogen-bond donors (Lipinski definition) is 1. The molecule has 2 aromatic heterocycles. The number of fused-ring (bicyclic) bond motifs is 3. The van der Waals surface area contributed by atoms with Crippen molar-refractivity contribution in [3.63, 3.8) is 0 Å². The number of thiophene rings is 1. The average Bonchev–Trinajstić information content (AvgIpc) is 3.29. The maximum Gasteiger partial charge on any atom is 0.222 e. The molecule has 0 saturated carbocycles. The number of morpholine rings is 1. The molecule has 5 rings (SSSR count). The topological polar surface area (TPSA) is 84.6 Å². The molecule has 0 radical (unpaired) electrons. The fourth-order valence-corrected chi connectivity index (χ4v) is 5.95. The molecule has 0 bridgehead atoms. The van der Waals surface area contributed by atoms with Gasteiger partial charge in [0.05, 0.1) is 31.1 Å². The van der Waals surface area contributed by atoms with Crippen LogP contribution in [0.4, 0.5) is 5.82 Å². The van der Waals surface area contributed by atoms with Gasteiger partial charge in [0, 0.05) is 31.1 Å². The van der Waals surface area contributed by atoms with E-state index in [4.69, 9.17) is 20.4 Å². The Balaban J connectivity index is 1.53. The summed E-state index contributed by atoms with van der Waals surface area (Å²) in [4.78, 5) is 29.0. The van der Waals surface area contributed by atoms with Gasteiger partial charge < -0.3 is 15.4 Å². The molecular weight excluding hydrogens is 374 g/mol. The molecule has 2 fully saturated rings. The van der Waals surface area contributed by atoms with Crippen molar-refractivity contribution in [3.05, 3.63) is 16.3 Å². The highest BCUT2D eigenvalue weighted by atomic mass is 32.1. The maximum absolute atomic E-state index is 11.8. The molecule has 1 amide bonds. The number of rotatable bonds is 4. The highest BCUT2D eigenvalue weighted by Gasteiger charge is 2.29. The van der Waals surface area contributed by atoms with Crippen molar-refractivity contribution in [1.29, 1.82) is 0 Å². The van der Waals surface area contributed by atoms with E-state index in [-0.39, 0.29) is 11.8 Å². The molecule has 2 aliphatic heterocycles. The van der Waals surface area contributed by atoms with E-state index >= 15 is 0 Å². The van der Waals surface area contributed by atoms with Crippen molar-refractivity contribution in [3.8, 4) is 0 Å². The Morgan fingerprint density at radius 2 is 2.04 bits per heavy atom. The van der Waals surface area contributed by atoms with Gasteiger partial charge in [-0.3, -0.25) is 9.69 Å². The Bertz CT molecular complexity index is 892. The molecule has 0 spiro atoms. The summed E-state index contributed by atoms with van der Waals surface area (Å²) >= 11 is 1.84. The van der Waals surface area contributed by atoms with Gasteiger partial charge in [0.2, 0.25) is 5.91 Å². The van der Waals surface area contributed by atoms with Crippen molar-refractivity contribution in [1.82, 2.24) is 14.9 Å². The fraction of sp³-hybridized carbons (Fsp3) is 0.650. The number of carbonyl (C=O) groups is 1. The van der Waals surface area contributed by atoms with Crippen molar-refractivity contribution < 1.29 is 9.53 Å². The van der Waals surface area contributed by atoms with Gasteiger partial charge >= 0.3 is 0 Å². The molecule has 1 atom stereocenters. The second kappa shape index (κ2) is 7.57. The molecule has 2 N–H and O–H groups in total. The highest BCUT2D eigenvalue weighted by Crippen LogP contribution is 2.41. The summed E-state index contributed by atoms with van der Waals surface area (Å²) in [5, 5.41) is 1.23. The van der Waals surface area contributed by atoms with Crippen LogP contribution in [0.5, 0.6) is 0 Å². The molecule has 2 aromatic rings.